The molecule has 0 bridgehead atoms. The molecule has 2 rings (SSSR count). The van der Waals surface area contributed by atoms with Gasteiger partial charge < -0.3 is 10.7 Å². The van der Waals surface area contributed by atoms with Crippen LogP contribution in [0.25, 0.3) is 0 Å². The number of hydrogen-bond donors (Lipinski definition) is 4. The lowest BCUT2D eigenvalue weighted by Gasteiger charge is -2.08. The summed E-state index contributed by atoms with van der Waals surface area (Å²) in [5.74, 6) is 0.137. The normalized spacial score (nSPS) is 9.75. The summed E-state index contributed by atoms with van der Waals surface area (Å²) in [6, 6.07) is 6.81. The van der Waals surface area contributed by atoms with Gasteiger partial charge in [0, 0.05) is 12.4 Å². The largest absolute Gasteiger partial charge is 0.396 e. The van der Waals surface area contributed by atoms with Crippen LogP contribution in [0.5, 0.6) is 0 Å². The van der Waals surface area contributed by atoms with Gasteiger partial charge >= 0.3 is 0 Å². The van der Waals surface area contributed by atoms with Crippen molar-refractivity contribution in [2.75, 3.05) is 11.2 Å². The summed E-state index contributed by atoms with van der Waals surface area (Å²) in [6.07, 6.45) is 3.25. The number of anilines is 2. The van der Waals surface area contributed by atoms with Crippen molar-refractivity contribution in [3.63, 3.8) is 0 Å². The summed E-state index contributed by atoms with van der Waals surface area (Å²) < 4.78 is 0. The number of nitrogens with one attached hydrogen (secondary N) is 3. The summed E-state index contributed by atoms with van der Waals surface area (Å²) in [6.45, 7) is 0. The van der Waals surface area contributed by atoms with Crippen molar-refractivity contribution in [3.8, 4) is 0 Å². The van der Waals surface area contributed by atoms with Gasteiger partial charge in [-0.05, 0) is 24.3 Å². The van der Waals surface area contributed by atoms with E-state index in [9.17, 15) is 4.79 Å². The average molecular weight is 217 g/mol. The third-order valence-electron chi connectivity index (χ3n) is 1.98. The number of aromatic amines is 1. The molecule has 0 atom stereocenters. The van der Waals surface area contributed by atoms with Crippen molar-refractivity contribution < 1.29 is 4.79 Å². The molecular weight excluding hydrogens is 206 g/mol. The summed E-state index contributed by atoms with van der Waals surface area (Å²) in [5, 5.41) is 0. The zero-order valence-corrected chi connectivity index (χ0v) is 8.40. The number of nitrogen functional groups attached to an aromatic ring is 1. The number of carbonyl (C=O) groups excluding carboxylic acids is 1. The summed E-state index contributed by atoms with van der Waals surface area (Å²) >= 11 is 0. The number of aromatic nitrogens is 2. The number of carbonyl (C=O) groups is 1. The van der Waals surface area contributed by atoms with E-state index in [1.54, 1.807) is 36.7 Å². The van der Waals surface area contributed by atoms with E-state index >= 15 is 0 Å². The van der Waals surface area contributed by atoms with Gasteiger partial charge in [0.15, 0.2) is 5.82 Å². The fourth-order valence-electron chi connectivity index (χ4n) is 1.18. The van der Waals surface area contributed by atoms with E-state index in [4.69, 9.17) is 5.73 Å². The molecule has 0 spiro atoms. The molecule has 0 aliphatic carbocycles. The van der Waals surface area contributed by atoms with Gasteiger partial charge in [-0.1, -0.05) is 0 Å². The molecule has 5 N–H and O–H groups in total. The van der Waals surface area contributed by atoms with E-state index in [0.717, 1.165) is 0 Å². The summed E-state index contributed by atoms with van der Waals surface area (Å²) in [7, 11) is 0. The van der Waals surface area contributed by atoms with E-state index < -0.39 is 0 Å². The lowest BCUT2D eigenvalue weighted by molar-refractivity contribution is 0.0958. The molecule has 6 nitrogen and oxygen atoms in total. The van der Waals surface area contributed by atoms with Gasteiger partial charge in [-0.2, -0.15) is 0 Å². The zero-order valence-electron chi connectivity index (χ0n) is 8.40. The number of pyridine rings is 1. The van der Waals surface area contributed by atoms with Crippen LogP contribution in [-0.4, -0.2) is 15.9 Å². The Morgan fingerprint density at radius 2 is 2.25 bits per heavy atom. The number of hydrazine groups is 1. The summed E-state index contributed by atoms with van der Waals surface area (Å²) in [5.41, 5.74) is 11.7. The second-order valence-corrected chi connectivity index (χ2v) is 3.10. The highest BCUT2D eigenvalue weighted by atomic mass is 16.2. The number of amides is 1. The second kappa shape index (κ2) is 4.35. The molecule has 6 heteroatoms. The minimum Gasteiger partial charge on any atom is -0.396 e. The molecule has 0 unspecified atom stereocenters. The number of H-pyrrole nitrogens is 1. The maximum Gasteiger partial charge on any atom is 0.286 e. The minimum atomic E-state index is -0.282. The molecule has 16 heavy (non-hydrogen) atoms. The van der Waals surface area contributed by atoms with Crippen molar-refractivity contribution in [2.45, 2.75) is 0 Å². The van der Waals surface area contributed by atoms with Crippen LogP contribution in [0.4, 0.5) is 11.5 Å². The van der Waals surface area contributed by atoms with E-state index in [1.165, 1.54) is 0 Å². The van der Waals surface area contributed by atoms with Gasteiger partial charge in [0.05, 0.1) is 5.69 Å². The number of nitrogens with zero attached hydrogens (tertiary/aromatic N) is 1. The Labute approximate surface area is 91.9 Å². The summed E-state index contributed by atoms with van der Waals surface area (Å²) in [4.78, 5) is 18.3. The fourth-order valence-corrected chi connectivity index (χ4v) is 1.18. The van der Waals surface area contributed by atoms with Gasteiger partial charge in [-0.15, -0.1) is 0 Å². The SMILES string of the molecule is Nc1cccnc1NNC(=O)c1ccc[nH]1. The average Bonchev–Trinajstić information content (AvgIpc) is 2.81. The first-order chi connectivity index (χ1) is 7.77. The number of rotatable bonds is 3. The zero-order chi connectivity index (χ0) is 11.4. The van der Waals surface area contributed by atoms with Crippen LogP contribution in [0.1, 0.15) is 10.5 Å². The smallest absolute Gasteiger partial charge is 0.286 e. The molecule has 2 aromatic rings. The molecule has 0 radical (unpaired) electrons. The quantitative estimate of drug-likeness (QED) is 0.570. The van der Waals surface area contributed by atoms with Crippen LogP contribution in [-0.2, 0) is 0 Å². The molecular formula is C10H11N5O. The third-order valence-corrected chi connectivity index (χ3v) is 1.98. The molecule has 0 saturated carbocycles. The van der Waals surface area contributed by atoms with Gasteiger partial charge in [-0.25, -0.2) is 4.98 Å². The Bertz CT molecular complexity index is 480. The Kier molecular flexibility index (Phi) is 2.73. The Balaban J connectivity index is 1.98. The van der Waals surface area contributed by atoms with Crippen LogP contribution < -0.4 is 16.6 Å². The first-order valence-electron chi connectivity index (χ1n) is 4.67. The molecule has 0 aliphatic heterocycles. The highest BCUT2D eigenvalue weighted by molar-refractivity contribution is 5.93. The maximum absolute atomic E-state index is 11.5. The van der Waals surface area contributed by atoms with Gasteiger partial charge in [0.2, 0.25) is 0 Å². The predicted molar refractivity (Wildman–Crippen MR) is 60.5 cm³/mol. The van der Waals surface area contributed by atoms with E-state index in [1.807, 2.05) is 0 Å². The lowest BCUT2D eigenvalue weighted by Crippen LogP contribution is -2.30. The fraction of sp³-hybridized carbons (Fsp3) is 0. The van der Waals surface area contributed by atoms with Crippen LogP contribution in [0.15, 0.2) is 36.7 Å². The van der Waals surface area contributed by atoms with Crippen LogP contribution in [0.3, 0.4) is 0 Å². The topological polar surface area (TPSA) is 95.8 Å². The van der Waals surface area contributed by atoms with Crippen LogP contribution in [0.2, 0.25) is 0 Å². The monoisotopic (exact) mass is 217 g/mol. The molecule has 0 fully saturated rings. The second-order valence-electron chi connectivity index (χ2n) is 3.10. The van der Waals surface area contributed by atoms with Gasteiger partial charge in [-0.3, -0.25) is 15.6 Å². The lowest BCUT2D eigenvalue weighted by atomic mass is 10.4. The van der Waals surface area contributed by atoms with Crippen LogP contribution >= 0.6 is 0 Å². The van der Waals surface area contributed by atoms with E-state index in [2.05, 4.69) is 20.8 Å². The highest BCUT2D eigenvalue weighted by Crippen LogP contribution is 2.11. The molecule has 0 aromatic carbocycles. The van der Waals surface area contributed by atoms with E-state index in [-0.39, 0.29) is 5.91 Å². The van der Waals surface area contributed by atoms with Crippen molar-refractivity contribution in [1.82, 2.24) is 15.4 Å². The van der Waals surface area contributed by atoms with Crippen molar-refractivity contribution in [2.24, 2.45) is 0 Å². The molecule has 0 saturated heterocycles. The van der Waals surface area contributed by atoms with Crippen molar-refractivity contribution >= 4 is 17.4 Å². The van der Waals surface area contributed by atoms with Crippen LogP contribution in [0, 0.1) is 0 Å². The van der Waals surface area contributed by atoms with Gasteiger partial charge in [0.1, 0.15) is 5.69 Å². The first-order valence-corrected chi connectivity index (χ1v) is 4.67. The van der Waals surface area contributed by atoms with Gasteiger partial charge in [0.25, 0.3) is 5.91 Å². The molecule has 1 amide bonds. The molecule has 82 valence electrons. The standard InChI is InChI=1S/C10H11N5O/c11-7-3-1-6-13-9(7)14-15-10(16)8-4-2-5-12-8/h1-6,12H,11H2,(H,13,14)(H,15,16). The van der Waals surface area contributed by atoms with Crippen molar-refractivity contribution in [1.29, 1.82) is 0 Å². The Hall–Kier alpha value is -2.50. The van der Waals surface area contributed by atoms with Crippen molar-refractivity contribution in [3.05, 3.63) is 42.4 Å². The Morgan fingerprint density at radius 1 is 1.38 bits per heavy atom. The molecule has 0 aliphatic rings. The third kappa shape index (κ3) is 2.11. The first kappa shape index (κ1) is 10.0. The highest BCUT2D eigenvalue weighted by Gasteiger charge is 2.05. The van der Waals surface area contributed by atoms with E-state index in [0.29, 0.717) is 17.2 Å². The molecule has 2 aromatic heterocycles. The minimum absolute atomic E-state index is 0.282. The maximum atomic E-state index is 11.5. The number of hydrogen-bond acceptors (Lipinski definition) is 4. The predicted octanol–water partition coefficient (Wildman–Crippen LogP) is 0.749. The Morgan fingerprint density at radius 3 is 2.94 bits per heavy atom. The molecule has 2 heterocycles. The number of nitrogens with two attached hydrogens (primary N) is 1.